The van der Waals surface area contributed by atoms with Gasteiger partial charge >= 0.3 is 0 Å². The van der Waals surface area contributed by atoms with Gasteiger partial charge in [0.05, 0.1) is 25.0 Å². The lowest BCUT2D eigenvalue weighted by atomic mass is 10.3. The lowest BCUT2D eigenvalue weighted by Crippen LogP contribution is -2.31. The molecule has 1 N–H and O–H groups in total. The van der Waals surface area contributed by atoms with Crippen LogP contribution < -0.4 is 4.90 Å². The summed E-state index contributed by atoms with van der Waals surface area (Å²) in [6.45, 7) is 1.45. The Kier molecular flexibility index (Phi) is 5.19. The van der Waals surface area contributed by atoms with E-state index < -0.39 is 0 Å². The molecule has 1 rings (SSSR count). The van der Waals surface area contributed by atoms with Crippen LogP contribution in [0.5, 0.6) is 0 Å². The van der Waals surface area contributed by atoms with Crippen molar-refractivity contribution in [3.05, 3.63) is 17.8 Å². The number of nitriles is 1. The highest BCUT2D eigenvalue weighted by molar-refractivity contribution is 5.52. The SMILES string of the molecule is COCCN(CCO)c1nnccc1C#N. The first-order chi connectivity index (χ1) is 7.83. The molecular formula is C10H14N4O2. The number of hydrogen-bond acceptors (Lipinski definition) is 6. The van der Waals surface area contributed by atoms with Gasteiger partial charge in [0.1, 0.15) is 6.07 Å². The lowest BCUT2D eigenvalue weighted by Gasteiger charge is -2.22. The second-order valence-corrected chi connectivity index (χ2v) is 3.08. The Hall–Kier alpha value is -1.71. The summed E-state index contributed by atoms with van der Waals surface area (Å²) >= 11 is 0. The van der Waals surface area contributed by atoms with E-state index in [4.69, 9.17) is 15.1 Å². The maximum Gasteiger partial charge on any atom is 0.169 e. The fourth-order valence-electron chi connectivity index (χ4n) is 1.29. The van der Waals surface area contributed by atoms with Crippen LogP contribution in [0.1, 0.15) is 5.56 Å². The van der Waals surface area contributed by atoms with Gasteiger partial charge in [0.25, 0.3) is 0 Å². The summed E-state index contributed by atoms with van der Waals surface area (Å²) in [5, 5.41) is 25.5. The van der Waals surface area contributed by atoms with Gasteiger partial charge in [-0.2, -0.15) is 10.4 Å². The van der Waals surface area contributed by atoms with Gasteiger partial charge in [-0.1, -0.05) is 0 Å². The molecule has 1 heterocycles. The number of rotatable bonds is 6. The van der Waals surface area contributed by atoms with Crippen LogP contribution in [-0.2, 0) is 4.74 Å². The Bertz CT molecular complexity index is 364. The van der Waals surface area contributed by atoms with Crippen molar-refractivity contribution in [1.29, 1.82) is 5.26 Å². The van der Waals surface area contributed by atoms with Crippen molar-refractivity contribution in [1.82, 2.24) is 10.2 Å². The number of methoxy groups -OCH3 is 1. The van der Waals surface area contributed by atoms with Gasteiger partial charge in [-0.3, -0.25) is 0 Å². The zero-order valence-electron chi connectivity index (χ0n) is 9.13. The minimum Gasteiger partial charge on any atom is -0.395 e. The summed E-state index contributed by atoms with van der Waals surface area (Å²) in [5.74, 6) is 0.483. The van der Waals surface area contributed by atoms with Crippen molar-refractivity contribution in [3.63, 3.8) is 0 Å². The molecule has 1 aromatic rings. The first-order valence-corrected chi connectivity index (χ1v) is 4.90. The number of hydrogen-bond donors (Lipinski definition) is 1. The summed E-state index contributed by atoms with van der Waals surface area (Å²) in [7, 11) is 1.60. The smallest absolute Gasteiger partial charge is 0.169 e. The van der Waals surface area contributed by atoms with E-state index in [0.29, 0.717) is 31.1 Å². The molecule has 6 nitrogen and oxygen atoms in total. The van der Waals surface area contributed by atoms with E-state index in [-0.39, 0.29) is 6.61 Å². The number of ether oxygens (including phenoxy) is 1. The molecule has 1 aromatic heterocycles. The lowest BCUT2D eigenvalue weighted by molar-refractivity contribution is 0.202. The Morgan fingerprint density at radius 2 is 2.38 bits per heavy atom. The van der Waals surface area contributed by atoms with Crippen molar-refractivity contribution >= 4 is 5.82 Å². The molecular weight excluding hydrogens is 208 g/mol. The third-order valence-corrected chi connectivity index (χ3v) is 2.06. The second kappa shape index (κ2) is 6.71. The molecule has 0 unspecified atom stereocenters. The van der Waals surface area contributed by atoms with E-state index >= 15 is 0 Å². The number of nitrogens with zero attached hydrogens (tertiary/aromatic N) is 4. The highest BCUT2D eigenvalue weighted by atomic mass is 16.5. The summed E-state index contributed by atoms with van der Waals surface area (Å²) in [4.78, 5) is 1.77. The van der Waals surface area contributed by atoms with Gasteiger partial charge in [-0.05, 0) is 6.07 Å². The average molecular weight is 222 g/mol. The number of anilines is 1. The number of aliphatic hydroxyl groups excluding tert-OH is 1. The Morgan fingerprint density at radius 1 is 1.56 bits per heavy atom. The van der Waals surface area contributed by atoms with Crippen LogP contribution in [0.25, 0.3) is 0 Å². The van der Waals surface area contributed by atoms with Crippen LogP contribution in [0.4, 0.5) is 5.82 Å². The quantitative estimate of drug-likeness (QED) is 0.717. The molecule has 0 aromatic carbocycles. The largest absolute Gasteiger partial charge is 0.395 e. The molecule has 0 bridgehead atoms. The van der Waals surface area contributed by atoms with E-state index in [2.05, 4.69) is 10.2 Å². The molecule has 0 saturated carbocycles. The van der Waals surface area contributed by atoms with E-state index in [1.807, 2.05) is 6.07 Å². The zero-order valence-corrected chi connectivity index (χ0v) is 9.13. The fourth-order valence-corrected chi connectivity index (χ4v) is 1.29. The minimum atomic E-state index is -0.00877. The van der Waals surface area contributed by atoms with Gasteiger partial charge in [0.2, 0.25) is 0 Å². The Labute approximate surface area is 94.1 Å². The van der Waals surface area contributed by atoms with Crippen LogP contribution in [0.3, 0.4) is 0 Å². The van der Waals surface area contributed by atoms with Gasteiger partial charge in [-0.25, -0.2) is 0 Å². The third kappa shape index (κ3) is 3.15. The van der Waals surface area contributed by atoms with E-state index in [1.165, 1.54) is 6.20 Å². The summed E-state index contributed by atoms with van der Waals surface area (Å²) < 4.78 is 4.96. The Morgan fingerprint density at radius 3 is 3.00 bits per heavy atom. The molecule has 6 heteroatoms. The molecule has 0 fully saturated rings. The van der Waals surface area contributed by atoms with E-state index in [1.54, 1.807) is 18.1 Å². The molecule has 0 saturated heterocycles. The minimum absolute atomic E-state index is 0.00877. The summed E-state index contributed by atoms with van der Waals surface area (Å²) in [6.07, 6.45) is 1.47. The predicted molar refractivity (Wildman–Crippen MR) is 57.9 cm³/mol. The van der Waals surface area contributed by atoms with Crippen LogP contribution in [-0.4, -0.2) is 48.7 Å². The Balaban J connectivity index is 2.87. The molecule has 0 radical (unpaired) electrons. The molecule has 0 aliphatic rings. The predicted octanol–water partition coefficient (Wildman–Crippen LogP) is -0.207. The van der Waals surface area contributed by atoms with Crippen molar-refractivity contribution in [2.75, 3.05) is 38.3 Å². The molecule has 0 aliphatic carbocycles. The van der Waals surface area contributed by atoms with Gasteiger partial charge in [0, 0.05) is 20.2 Å². The molecule has 0 spiro atoms. The normalized spacial score (nSPS) is 9.81. The van der Waals surface area contributed by atoms with Crippen molar-refractivity contribution < 1.29 is 9.84 Å². The molecule has 86 valence electrons. The van der Waals surface area contributed by atoms with Gasteiger partial charge in [-0.15, -0.1) is 5.10 Å². The highest BCUT2D eigenvalue weighted by Crippen LogP contribution is 2.14. The fraction of sp³-hybridized carbons (Fsp3) is 0.500. The summed E-state index contributed by atoms with van der Waals surface area (Å²) in [6, 6.07) is 3.64. The van der Waals surface area contributed by atoms with Gasteiger partial charge < -0.3 is 14.7 Å². The van der Waals surface area contributed by atoms with Gasteiger partial charge in [0.15, 0.2) is 5.82 Å². The van der Waals surface area contributed by atoms with Crippen LogP contribution in [0, 0.1) is 11.3 Å². The van der Waals surface area contributed by atoms with E-state index in [9.17, 15) is 0 Å². The standard InChI is InChI=1S/C10H14N4O2/c1-16-7-5-14(4-6-15)10-9(8-11)2-3-12-13-10/h2-3,15H,4-7H2,1H3. The summed E-state index contributed by atoms with van der Waals surface area (Å²) in [5.41, 5.74) is 0.444. The van der Waals surface area contributed by atoms with Crippen LogP contribution in [0.15, 0.2) is 12.3 Å². The van der Waals surface area contributed by atoms with E-state index in [0.717, 1.165) is 0 Å². The zero-order chi connectivity index (χ0) is 11.8. The highest BCUT2D eigenvalue weighted by Gasteiger charge is 2.12. The van der Waals surface area contributed by atoms with Crippen LogP contribution in [0.2, 0.25) is 0 Å². The third-order valence-electron chi connectivity index (χ3n) is 2.06. The molecule has 16 heavy (non-hydrogen) atoms. The van der Waals surface area contributed by atoms with Crippen molar-refractivity contribution in [2.24, 2.45) is 0 Å². The number of aliphatic hydroxyl groups is 1. The monoisotopic (exact) mass is 222 g/mol. The first kappa shape index (κ1) is 12.4. The van der Waals surface area contributed by atoms with Crippen molar-refractivity contribution in [3.8, 4) is 6.07 Å². The molecule has 0 amide bonds. The average Bonchev–Trinajstić information content (AvgIpc) is 2.34. The first-order valence-electron chi connectivity index (χ1n) is 4.90. The van der Waals surface area contributed by atoms with Crippen LogP contribution >= 0.6 is 0 Å². The molecule has 0 aliphatic heterocycles. The molecule has 0 atom stereocenters. The maximum atomic E-state index is 8.95. The van der Waals surface area contributed by atoms with Crippen molar-refractivity contribution in [2.45, 2.75) is 0 Å². The topological polar surface area (TPSA) is 82.3 Å². The maximum absolute atomic E-state index is 8.95. The second-order valence-electron chi connectivity index (χ2n) is 3.08. The number of aromatic nitrogens is 2.